The largest absolute Gasteiger partial charge is 0.407 e. The highest BCUT2D eigenvalue weighted by Gasteiger charge is 2.35. The van der Waals surface area contributed by atoms with Crippen molar-refractivity contribution in [1.29, 1.82) is 5.26 Å². The maximum Gasteiger partial charge on any atom is 0.407 e. The zero-order valence-corrected chi connectivity index (χ0v) is 23.1. The fourth-order valence-electron chi connectivity index (χ4n) is 5.80. The molecule has 0 bridgehead atoms. The van der Waals surface area contributed by atoms with Crippen LogP contribution in [-0.2, 0) is 6.18 Å². The van der Waals surface area contributed by atoms with Gasteiger partial charge in [0, 0.05) is 51.5 Å². The maximum atomic E-state index is 14.2. The van der Waals surface area contributed by atoms with Crippen LogP contribution in [0.25, 0.3) is 67.4 Å². The molecule has 0 N–H and O–H groups in total. The SMILES string of the molecule is [C-]#[N+]c1c(-c2c3sc4ccccc4c3c(-c3cccc(C)c3C#N)c3sc4ccccc4c23)cccc1C(F)(F)F. The van der Waals surface area contributed by atoms with E-state index >= 15 is 0 Å². The summed E-state index contributed by atoms with van der Waals surface area (Å²) in [6.07, 6.45) is -4.67. The molecule has 0 fully saturated rings. The number of hydrogen-bond donors (Lipinski definition) is 0. The molecule has 2 heterocycles. The summed E-state index contributed by atoms with van der Waals surface area (Å²) in [6, 6.07) is 27.9. The van der Waals surface area contributed by atoms with Gasteiger partial charge >= 0.3 is 6.18 Å². The summed E-state index contributed by atoms with van der Waals surface area (Å²) in [6.45, 7) is 9.76. The smallest absolute Gasteiger partial charge is 0.237 e. The zero-order chi connectivity index (χ0) is 28.5. The molecule has 0 aliphatic carbocycles. The Balaban J connectivity index is 1.82. The number of nitrogens with zero attached hydrogens (tertiary/aromatic N) is 2. The van der Waals surface area contributed by atoms with Crippen LogP contribution >= 0.6 is 22.7 Å². The van der Waals surface area contributed by atoms with Gasteiger partial charge in [-0.25, -0.2) is 4.85 Å². The summed E-state index contributed by atoms with van der Waals surface area (Å²) in [5.74, 6) is 0. The Labute approximate surface area is 241 Å². The maximum absolute atomic E-state index is 14.2. The molecule has 0 atom stereocenters. The first-order valence-electron chi connectivity index (χ1n) is 12.7. The second-order valence-corrected chi connectivity index (χ2v) is 11.9. The van der Waals surface area contributed by atoms with Crippen LogP contribution in [0.15, 0.2) is 84.9 Å². The third kappa shape index (κ3) is 3.67. The number of para-hydroxylation sites is 1. The molecule has 196 valence electrons. The molecule has 0 amide bonds. The van der Waals surface area contributed by atoms with E-state index in [0.29, 0.717) is 11.1 Å². The van der Waals surface area contributed by atoms with Gasteiger partial charge in [-0.15, -0.1) is 22.7 Å². The van der Waals surface area contributed by atoms with E-state index in [-0.39, 0.29) is 5.56 Å². The first-order valence-corrected chi connectivity index (χ1v) is 14.3. The van der Waals surface area contributed by atoms with E-state index in [2.05, 4.69) is 10.9 Å². The molecule has 0 saturated carbocycles. The first-order chi connectivity index (χ1) is 19.8. The predicted molar refractivity (Wildman–Crippen MR) is 164 cm³/mol. The third-order valence-electron chi connectivity index (χ3n) is 7.52. The number of halogens is 3. The summed E-state index contributed by atoms with van der Waals surface area (Å²) in [7, 11) is 0. The van der Waals surface area contributed by atoms with Gasteiger partial charge < -0.3 is 0 Å². The van der Waals surface area contributed by atoms with E-state index < -0.39 is 17.4 Å². The minimum absolute atomic E-state index is 0.260. The van der Waals surface area contributed by atoms with Gasteiger partial charge in [-0.1, -0.05) is 72.8 Å². The predicted octanol–water partition coefficient (Wildman–Crippen LogP) is 11.5. The zero-order valence-electron chi connectivity index (χ0n) is 21.4. The Kier molecular flexibility index (Phi) is 5.66. The molecule has 7 heteroatoms. The molecule has 7 rings (SSSR count). The van der Waals surface area contributed by atoms with Gasteiger partial charge in [0.15, 0.2) is 0 Å². The van der Waals surface area contributed by atoms with Gasteiger partial charge in [-0.05, 0) is 35.7 Å². The summed E-state index contributed by atoms with van der Waals surface area (Å²) in [5, 5.41) is 13.8. The molecular formula is C34H17F3N2S2. The van der Waals surface area contributed by atoms with E-state index in [4.69, 9.17) is 6.57 Å². The van der Waals surface area contributed by atoms with Crippen LogP contribution in [0.2, 0.25) is 0 Å². The molecule has 41 heavy (non-hydrogen) atoms. The average molecular weight is 575 g/mol. The molecule has 2 aromatic heterocycles. The van der Waals surface area contributed by atoms with Crippen molar-refractivity contribution < 1.29 is 13.2 Å². The van der Waals surface area contributed by atoms with E-state index in [9.17, 15) is 18.4 Å². The van der Waals surface area contributed by atoms with Crippen LogP contribution in [0.1, 0.15) is 16.7 Å². The standard InChI is InChI=1S/C34H17F3N2S2/c1-18-9-7-12-19(23(18)17-38)27-28-20-10-3-5-15-25(20)41-33(28)30(29-21-11-4-6-16-26(21)40-32(27)29)22-13-8-14-24(31(22)39-2)34(35,36)37/h3-16H,1H3. The van der Waals surface area contributed by atoms with Crippen LogP contribution in [0.5, 0.6) is 0 Å². The van der Waals surface area contributed by atoms with E-state index in [0.717, 1.165) is 63.1 Å². The summed E-state index contributed by atoms with van der Waals surface area (Å²) in [5.41, 5.74) is 2.64. The van der Waals surface area contributed by atoms with Crippen molar-refractivity contribution in [3.05, 3.63) is 113 Å². The van der Waals surface area contributed by atoms with E-state index in [1.165, 1.54) is 17.4 Å². The van der Waals surface area contributed by atoms with Crippen molar-refractivity contribution in [3.63, 3.8) is 0 Å². The first kappa shape index (κ1) is 25.3. The molecule has 0 unspecified atom stereocenters. The fourth-order valence-corrected chi connectivity index (χ4v) is 8.35. The summed E-state index contributed by atoms with van der Waals surface area (Å²) < 4.78 is 46.1. The molecular weight excluding hydrogens is 558 g/mol. The normalized spacial score (nSPS) is 11.9. The lowest BCUT2D eigenvalue weighted by atomic mass is 9.87. The van der Waals surface area contributed by atoms with Gasteiger partial charge in [0.05, 0.1) is 17.7 Å². The Bertz CT molecular complexity index is 2290. The molecule has 0 saturated heterocycles. The number of alkyl halides is 3. The van der Waals surface area contributed by atoms with Crippen molar-refractivity contribution in [2.24, 2.45) is 0 Å². The number of rotatable bonds is 2. The highest BCUT2D eigenvalue weighted by molar-refractivity contribution is 7.28. The van der Waals surface area contributed by atoms with E-state index in [1.807, 2.05) is 73.7 Å². The minimum Gasteiger partial charge on any atom is -0.237 e. The monoisotopic (exact) mass is 574 g/mol. The van der Waals surface area contributed by atoms with Crippen molar-refractivity contribution >= 4 is 68.7 Å². The van der Waals surface area contributed by atoms with Crippen LogP contribution in [-0.4, -0.2) is 0 Å². The fraction of sp³-hybridized carbons (Fsp3) is 0.0588. The molecule has 0 radical (unpaired) electrons. The number of hydrogen-bond acceptors (Lipinski definition) is 3. The minimum atomic E-state index is -4.67. The van der Waals surface area contributed by atoms with Gasteiger partial charge in [0.1, 0.15) is 6.07 Å². The van der Waals surface area contributed by atoms with Crippen molar-refractivity contribution in [2.45, 2.75) is 13.1 Å². The molecule has 7 aromatic rings. The van der Waals surface area contributed by atoms with Crippen LogP contribution in [0.4, 0.5) is 18.9 Å². The summed E-state index contributed by atoms with van der Waals surface area (Å²) in [4.78, 5) is 3.46. The van der Waals surface area contributed by atoms with Gasteiger partial charge in [0.25, 0.3) is 0 Å². The molecule has 0 spiro atoms. The van der Waals surface area contributed by atoms with Crippen molar-refractivity contribution in [2.75, 3.05) is 0 Å². The Morgan fingerprint density at radius 1 is 0.732 bits per heavy atom. The van der Waals surface area contributed by atoms with Crippen molar-refractivity contribution in [3.8, 4) is 28.3 Å². The lowest BCUT2D eigenvalue weighted by Gasteiger charge is -2.17. The van der Waals surface area contributed by atoms with Gasteiger partial charge in [0.2, 0.25) is 5.69 Å². The van der Waals surface area contributed by atoms with Crippen LogP contribution < -0.4 is 0 Å². The molecule has 5 aromatic carbocycles. The van der Waals surface area contributed by atoms with Crippen LogP contribution in [0, 0.1) is 24.8 Å². The van der Waals surface area contributed by atoms with Gasteiger partial charge in [-0.3, -0.25) is 0 Å². The molecule has 0 aliphatic rings. The number of aryl methyl sites for hydroxylation is 1. The Morgan fingerprint density at radius 3 is 1.83 bits per heavy atom. The van der Waals surface area contributed by atoms with Crippen molar-refractivity contribution in [1.82, 2.24) is 0 Å². The quantitative estimate of drug-likeness (QED) is 0.189. The lowest BCUT2D eigenvalue weighted by Crippen LogP contribution is -2.05. The number of thiophene rings is 2. The average Bonchev–Trinajstić information content (AvgIpc) is 3.54. The Morgan fingerprint density at radius 2 is 1.27 bits per heavy atom. The number of benzene rings is 5. The third-order valence-corrected chi connectivity index (χ3v) is 9.90. The van der Waals surface area contributed by atoms with Gasteiger partial charge in [-0.2, -0.15) is 18.4 Å². The highest BCUT2D eigenvalue weighted by atomic mass is 32.1. The Hall–Kier alpha value is -4.69. The number of nitriles is 1. The summed E-state index contributed by atoms with van der Waals surface area (Å²) >= 11 is 3.07. The van der Waals surface area contributed by atoms with E-state index in [1.54, 1.807) is 17.4 Å². The number of fused-ring (bicyclic) bond motifs is 6. The molecule has 0 aliphatic heterocycles. The molecule has 2 nitrogen and oxygen atoms in total. The highest BCUT2D eigenvalue weighted by Crippen LogP contribution is 2.56. The topological polar surface area (TPSA) is 28.1 Å². The van der Waals surface area contributed by atoms with Crippen LogP contribution in [0.3, 0.4) is 0 Å². The lowest BCUT2D eigenvalue weighted by molar-refractivity contribution is -0.136. The second-order valence-electron chi connectivity index (χ2n) is 9.78. The second kappa shape index (κ2) is 9.17.